The number of anilines is 2. The normalized spacial score (nSPS) is 15.9. The fraction of sp³-hybridized carbons (Fsp3) is 0.118. The number of rotatable bonds is 3. The highest BCUT2D eigenvalue weighted by Crippen LogP contribution is 2.34. The fourth-order valence-corrected chi connectivity index (χ4v) is 3.11. The standard InChI is InChI=1S/C17H13N3O4S/c1-9-15(21)18-11-7-10(4-5-13(11)24-9)12-8-25-17(19-12)20-16(22)14-3-2-6-23-14/h2-9H,1H3,(H,18,21)(H,19,20,22)/t9-/m0/s1. The van der Waals surface area contributed by atoms with Gasteiger partial charge in [-0.1, -0.05) is 0 Å². The van der Waals surface area contributed by atoms with Crippen LogP contribution in [0.1, 0.15) is 17.5 Å². The summed E-state index contributed by atoms with van der Waals surface area (Å²) in [6, 6.07) is 8.67. The summed E-state index contributed by atoms with van der Waals surface area (Å²) >= 11 is 1.30. The van der Waals surface area contributed by atoms with Gasteiger partial charge in [0, 0.05) is 10.9 Å². The third-order valence-corrected chi connectivity index (χ3v) is 4.43. The van der Waals surface area contributed by atoms with Crippen molar-refractivity contribution in [3.63, 3.8) is 0 Å². The van der Waals surface area contributed by atoms with Crippen molar-refractivity contribution in [1.82, 2.24) is 4.98 Å². The molecule has 2 N–H and O–H groups in total. The first-order valence-corrected chi connectivity index (χ1v) is 8.40. The van der Waals surface area contributed by atoms with E-state index in [0.717, 1.165) is 5.56 Å². The van der Waals surface area contributed by atoms with E-state index in [1.807, 2.05) is 11.4 Å². The zero-order valence-corrected chi connectivity index (χ0v) is 13.9. The number of hydrogen-bond donors (Lipinski definition) is 2. The van der Waals surface area contributed by atoms with Crippen molar-refractivity contribution in [2.24, 2.45) is 0 Å². The van der Waals surface area contributed by atoms with E-state index in [0.29, 0.717) is 22.3 Å². The number of hydrogen-bond acceptors (Lipinski definition) is 6. The van der Waals surface area contributed by atoms with E-state index in [2.05, 4.69) is 15.6 Å². The highest BCUT2D eigenvalue weighted by molar-refractivity contribution is 7.14. The first-order valence-electron chi connectivity index (χ1n) is 7.52. The molecule has 0 saturated heterocycles. The van der Waals surface area contributed by atoms with Gasteiger partial charge in [0.25, 0.3) is 11.8 Å². The molecule has 2 amide bonds. The van der Waals surface area contributed by atoms with Crippen molar-refractivity contribution in [1.29, 1.82) is 0 Å². The Morgan fingerprint density at radius 2 is 2.24 bits per heavy atom. The fourth-order valence-electron chi connectivity index (χ4n) is 2.40. The number of carbonyl (C=O) groups excluding carboxylic acids is 2. The molecule has 0 aliphatic carbocycles. The number of carbonyl (C=O) groups is 2. The number of fused-ring (bicyclic) bond motifs is 1. The van der Waals surface area contributed by atoms with Crippen LogP contribution in [0, 0.1) is 0 Å². The number of furan rings is 1. The molecule has 0 bridgehead atoms. The SMILES string of the molecule is C[C@@H]1Oc2ccc(-c3csc(NC(=O)c4ccco4)n3)cc2NC1=O. The number of amides is 2. The summed E-state index contributed by atoms with van der Waals surface area (Å²) in [6.07, 6.45) is 0.924. The number of nitrogens with one attached hydrogen (secondary N) is 2. The van der Waals surface area contributed by atoms with Crippen LogP contribution in [-0.2, 0) is 4.79 Å². The second-order valence-electron chi connectivity index (χ2n) is 5.43. The van der Waals surface area contributed by atoms with Crippen molar-refractivity contribution in [3.05, 3.63) is 47.7 Å². The zero-order valence-electron chi connectivity index (χ0n) is 13.1. The van der Waals surface area contributed by atoms with E-state index in [1.54, 1.807) is 31.2 Å². The topological polar surface area (TPSA) is 93.5 Å². The minimum Gasteiger partial charge on any atom is -0.479 e. The second kappa shape index (κ2) is 6.06. The van der Waals surface area contributed by atoms with Crippen LogP contribution in [0.4, 0.5) is 10.8 Å². The van der Waals surface area contributed by atoms with E-state index in [-0.39, 0.29) is 17.6 Å². The quantitative estimate of drug-likeness (QED) is 0.751. The lowest BCUT2D eigenvalue weighted by atomic mass is 10.1. The molecule has 2 aromatic heterocycles. The first-order chi connectivity index (χ1) is 12.1. The van der Waals surface area contributed by atoms with Crippen molar-refractivity contribution in [3.8, 4) is 17.0 Å². The molecule has 126 valence electrons. The molecule has 0 fully saturated rings. The molecule has 0 saturated carbocycles. The molecule has 1 aliphatic heterocycles. The number of benzene rings is 1. The van der Waals surface area contributed by atoms with Crippen LogP contribution < -0.4 is 15.4 Å². The van der Waals surface area contributed by atoms with Gasteiger partial charge in [-0.25, -0.2) is 4.98 Å². The molecule has 7 nitrogen and oxygen atoms in total. The lowest BCUT2D eigenvalue weighted by molar-refractivity contribution is -0.122. The van der Waals surface area contributed by atoms with Crippen LogP contribution in [0.5, 0.6) is 5.75 Å². The van der Waals surface area contributed by atoms with E-state index in [9.17, 15) is 9.59 Å². The molecule has 0 unspecified atom stereocenters. The Labute approximate surface area is 146 Å². The lowest BCUT2D eigenvalue weighted by Gasteiger charge is -2.23. The van der Waals surface area contributed by atoms with Gasteiger partial charge in [0.1, 0.15) is 5.75 Å². The summed E-state index contributed by atoms with van der Waals surface area (Å²) in [7, 11) is 0. The van der Waals surface area contributed by atoms with Crippen molar-refractivity contribution < 1.29 is 18.7 Å². The van der Waals surface area contributed by atoms with Crippen LogP contribution in [0.15, 0.2) is 46.4 Å². The Morgan fingerprint density at radius 1 is 1.36 bits per heavy atom. The van der Waals surface area contributed by atoms with Gasteiger partial charge in [-0.2, -0.15) is 0 Å². The lowest BCUT2D eigenvalue weighted by Crippen LogP contribution is -2.34. The Kier molecular flexibility index (Phi) is 3.73. The molecule has 3 aromatic rings. The molecule has 1 aromatic carbocycles. The van der Waals surface area contributed by atoms with Crippen molar-refractivity contribution in [2.75, 3.05) is 10.6 Å². The van der Waals surface area contributed by atoms with E-state index < -0.39 is 6.10 Å². The second-order valence-corrected chi connectivity index (χ2v) is 6.29. The number of aromatic nitrogens is 1. The van der Waals surface area contributed by atoms with Gasteiger partial charge in [0.05, 0.1) is 17.6 Å². The summed E-state index contributed by atoms with van der Waals surface area (Å²) < 4.78 is 10.6. The van der Waals surface area contributed by atoms with Gasteiger partial charge in [0.15, 0.2) is 17.0 Å². The van der Waals surface area contributed by atoms with Gasteiger partial charge in [0.2, 0.25) is 0 Å². The van der Waals surface area contributed by atoms with Gasteiger partial charge in [-0.05, 0) is 37.3 Å². The highest BCUT2D eigenvalue weighted by Gasteiger charge is 2.24. The first kappa shape index (κ1) is 15.4. The maximum atomic E-state index is 12.0. The van der Waals surface area contributed by atoms with Gasteiger partial charge >= 0.3 is 0 Å². The maximum absolute atomic E-state index is 12.0. The molecular formula is C17H13N3O4S. The van der Waals surface area contributed by atoms with Crippen LogP contribution in [0.3, 0.4) is 0 Å². The molecule has 4 rings (SSSR count). The van der Waals surface area contributed by atoms with E-state index >= 15 is 0 Å². The highest BCUT2D eigenvalue weighted by atomic mass is 32.1. The monoisotopic (exact) mass is 355 g/mol. The summed E-state index contributed by atoms with van der Waals surface area (Å²) in [4.78, 5) is 28.1. The average molecular weight is 355 g/mol. The molecule has 0 radical (unpaired) electrons. The molecule has 0 spiro atoms. The van der Waals surface area contributed by atoms with Crippen LogP contribution in [-0.4, -0.2) is 22.9 Å². The summed E-state index contributed by atoms with van der Waals surface area (Å²) in [5.41, 5.74) is 2.11. The zero-order chi connectivity index (χ0) is 17.4. The van der Waals surface area contributed by atoms with E-state index in [1.165, 1.54) is 17.6 Å². The molecule has 25 heavy (non-hydrogen) atoms. The Morgan fingerprint density at radius 3 is 3.04 bits per heavy atom. The molecule has 1 aliphatic rings. The minimum atomic E-state index is -0.513. The molecule has 3 heterocycles. The predicted molar refractivity (Wildman–Crippen MR) is 92.9 cm³/mol. The Hall–Kier alpha value is -3.13. The predicted octanol–water partition coefficient (Wildman–Crippen LogP) is 3.37. The average Bonchev–Trinajstić information content (AvgIpc) is 3.27. The third-order valence-electron chi connectivity index (χ3n) is 3.68. The summed E-state index contributed by atoms with van der Waals surface area (Å²) in [5, 5.41) is 7.78. The number of ether oxygens (including phenoxy) is 1. The minimum absolute atomic E-state index is 0.186. The molecule has 8 heteroatoms. The molecular weight excluding hydrogens is 342 g/mol. The maximum Gasteiger partial charge on any atom is 0.293 e. The van der Waals surface area contributed by atoms with Crippen LogP contribution in [0.2, 0.25) is 0 Å². The summed E-state index contributed by atoms with van der Waals surface area (Å²) in [6.45, 7) is 1.70. The van der Waals surface area contributed by atoms with Crippen LogP contribution in [0.25, 0.3) is 11.3 Å². The molecule has 1 atom stereocenters. The van der Waals surface area contributed by atoms with E-state index in [4.69, 9.17) is 9.15 Å². The van der Waals surface area contributed by atoms with Gasteiger partial charge in [-0.3, -0.25) is 14.9 Å². The van der Waals surface area contributed by atoms with Gasteiger partial charge in [-0.15, -0.1) is 11.3 Å². The summed E-state index contributed by atoms with van der Waals surface area (Å²) in [5.74, 6) is 0.303. The smallest absolute Gasteiger partial charge is 0.293 e. The van der Waals surface area contributed by atoms with Crippen molar-refractivity contribution >= 4 is 34.0 Å². The third kappa shape index (κ3) is 2.99. The Bertz CT molecular complexity index is 949. The van der Waals surface area contributed by atoms with Crippen molar-refractivity contribution in [2.45, 2.75) is 13.0 Å². The largest absolute Gasteiger partial charge is 0.479 e. The van der Waals surface area contributed by atoms with Crippen LogP contribution >= 0.6 is 11.3 Å². The Balaban J connectivity index is 1.55. The number of nitrogens with zero attached hydrogens (tertiary/aromatic N) is 1. The number of thiazole rings is 1. The van der Waals surface area contributed by atoms with Gasteiger partial charge < -0.3 is 14.5 Å².